The van der Waals surface area contributed by atoms with Crippen LogP contribution in [-0.4, -0.2) is 75.6 Å². The molecule has 3 N–H and O–H groups in total. The van der Waals surface area contributed by atoms with Crippen molar-refractivity contribution in [3.63, 3.8) is 0 Å². The number of aliphatic hydroxyl groups is 1. The summed E-state index contributed by atoms with van der Waals surface area (Å²) in [5, 5.41) is 31.4. The molecular formula is C24H27NO9. The average molecular weight is 473 g/mol. The fraction of sp³-hybridized carbons (Fsp3) is 0.542. The molecular weight excluding hydrogens is 446 g/mol. The van der Waals surface area contributed by atoms with Crippen LogP contribution in [0.3, 0.4) is 0 Å². The van der Waals surface area contributed by atoms with E-state index in [0.717, 1.165) is 11.1 Å². The second-order valence-electron chi connectivity index (χ2n) is 9.55. The molecule has 5 rings (SSSR count). The summed E-state index contributed by atoms with van der Waals surface area (Å²) in [6.45, 7) is 1.93. The first kappa shape index (κ1) is 22.7. The maximum Gasteiger partial charge on any atom is 0.344 e. The normalized spacial score (nSPS) is 31.6. The summed E-state index contributed by atoms with van der Waals surface area (Å²) in [5.74, 6) is -2.25. The summed E-state index contributed by atoms with van der Waals surface area (Å²) in [6, 6.07) is 3.29. The lowest BCUT2D eigenvalue weighted by atomic mass is 9.50. The van der Waals surface area contributed by atoms with Gasteiger partial charge in [-0.15, -0.1) is 0 Å². The van der Waals surface area contributed by atoms with Gasteiger partial charge in [0.05, 0.1) is 23.9 Å². The molecule has 1 spiro atoms. The molecule has 1 aromatic rings. The Labute approximate surface area is 195 Å². The molecule has 0 amide bonds. The Hall–Kier alpha value is -3.11. The molecule has 10 heteroatoms. The van der Waals surface area contributed by atoms with Gasteiger partial charge in [0.25, 0.3) is 0 Å². The fourth-order valence-corrected chi connectivity index (χ4v) is 6.13. The number of hydrogen-bond donors (Lipinski definition) is 3. The summed E-state index contributed by atoms with van der Waals surface area (Å²) in [7, 11) is 1.98. The number of aliphatic carboxylic acids is 1. The Morgan fingerprint density at radius 1 is 1.26 bits per heavy atom. The highest BCUT2D eigenvalue weighted by Crippen LogP contribution is 2.65. The first-order valence-corrected chi connectivity index (χ1v) is 11.4. The highest BCUT2D eigenvalue weighted by molar-refractivity contribution is 5.81. The minimum absolute atomic E-state index is 0.0248. The van der Waals surface area contributed by atoms with Crippen LogP contribution in [0.2, 0.25) is 0 Å². The summed E-state index contributed by atoms with van der Waals surface area (Å²) >= 11 is 0. The quantitative estimate of drug-likeness (QED) is 0.512. The van der Waals surface area contributed by atoms with Crippen molar-refractivity contribution in [1.82, 2.24) is 4.90 Å². The second kappa shape index (κ2) is 7.71. The van der Waals surface area contributed by atoms with E-state index in [1.165, 1.54) is 6.92 Å². The van der Waals surface area contributed by atoms with E-state index in [0.29, 0.717) is 25.1 Å². The van der Waals surface area contributed by atoms with E-state index >= 15 is 0 Å². The van der Waals surface area contributed by atoms with Gasteiger partial charge in [-0.2, -0.15) is 0 Å². The number of phenols is 1. The molecule has 4 aliphatic rings. The van der Waals surface area contributed by atoms with Crippen molar-refractivity contribution in [3.05, 3.63) is 35.1 Å². The second-order valence-corrected chi connectivity index (χ2v) is 9.55. The Morgan fingerprint density at radius 2 is 2.00 bits per heavy atom. The molecule has 2 bridgehead atoms. The van der Waals surface area contributed by atoms with Crippen molar-refractivity contribution < 1.29 is 43.9 Å². The number of likely N-dealkylation sites (tertiary alicyclic amines) is 1. The number of likely N-dealkylation sites (N-methyl/N-ethyl adjacent to an activating group) is 1. The largest absolute Gasteiger partial charge is 0.504 e. The first-order valence-electron chi connectivity index (χ1n) is 11.4. The maximum atomic E-state index is 12.6. The number of carboxylic acid groups (broad SMARTS) is 1. The van der Waals surface area contributed by atoms with Crippen LogP contribution in [0.5, 0.6) is 11.5 Å². The molecule has 2 aliphatic heterocycles. The van der Waals surface area contributed by atoms with Crippen LogP contribution >= 0.6 is 0 Å². The lowest BCUT2D eigenvalue weighted by molar-refractivity contribution is -0.170. The molecule has 182 valence electrons. The number of ether oxygens (including phenoxy) is 3. The van der Waals surface area contributed by atoms with Crippen molar-refractivity contribution in [3.8, 4) is 11.5 Å². The van der Waals surface area contributed by atoms with Crippen LogP contribution in [-0.2, 0) is 35.7 Å². The van der Waals surface area contributed by atoms with Crippen LogP contribution in [0.1, 0.15) is 43.7 Å². The highest BCUT2D eigenvalue weighted by atomic mass is 16.6. The third kappa shape index (κ3) is 3.05. The van der Waals surface area contributed by atoms with Gasteiger partial charge in [-0.3, -0.25) is 9.59 Å². The monoisotopic (exact) mass is 473 g/mol. The lowest BCUT2D eigenvalue weighted by Gasteiger charge is -2.61. The fourth-order valence-electron chi connectivity index (χ4n) is 6.13. The first-order chi connectivity index (χ1) is 16.1. The minimum Gasteiger partial charge on any atom is -0.504 e. The summed E-state index contributed by atoms with van der Waals surface area (Å²) < 4.78 is 16.6. The van der Waals surface area contributed by atoms with E-state index in [-0.39, 0.29) is 36.8 Å². The Morgan fingerprint density at radius 3 is 2.74 bits per heavy atom. The van der Waals surface area contributed by atoms with E-state index in [9.17, 15) is 24.6 Å². The van der Waals surface area contributed by atoms with E-state index in [2.05, 4.69) is 4.90 Å². The van der Waals surface area contributed by atoms with Gasteiger partial charge >= 0.3 is 17.9 Å². The number of carbonyl (C=O) groups is 3. The van der Waals surface area contributed by atoms with Crippen LogP contribution in [0.4, 0.5) is 0 Å². The van der Waals surface area contributed by atoms with Crippen LogP contribution in [0.25, 0.3) is 0 Å². The number of piperidine rings is 1. The highest BCUT2D eigenvalue weighted by Gasteiger charge is 2.72. The Bertz CT molecular complexity index is 1110. The number of rotatable bonds is 6. The number of esters is 2. The van der Waals surface area contributed by atoms with Crippen LogP contribution in [0.15, 0.2) is 24.0 Å². The third-order valence-electron chi connectivity index (χ3n) is 7.77. The van der Waals surface area contributed by atoms with Gasteiger partial charge in [0.1, 0.15) is 5.76 Å². The zero-order valence-electron chi connectivity index (χ0n) is 18.9. The van der Waals surface area contributed by atoms with Gasteiger partial charge in [0, 0.05) is 18.0 Å². The van der Waals surface area contributed by atoms with E-state index in [1.807, 2.05) is 13.1 Å². The number of benzene rings is 1. The number of hydrogen-bond acceptors (Lipinski definition) is 9. The smallest absolute Gasteiger partial charge is 0.344 e. The molecule has 0 aromatic heterocycles. The van der Waals surface area contributed by atoms with Crippen molar-refractivity contribution in [2.24, 2.45) is 0 Å². The van der Waals surface area contributed by atoms with Crippen molar-refractivity contribution in [2.45, 2.75) is 68.3 Å². The number of aromatic hydroxyl groups is 1. The summed E-state index contributed by atoms with van der Waals surface area (Å²) in [5.41, 5.74) is -0.244. The molecule has 2 aliphatic carbocycles. The molecule has 2 heterocycles. The molecule has 1 aromatic carbocycles. The van der Waals surface area contributed by atoms with Gasteiger partial charge in [-0.1, -0.05) is 6.07 Å². The van der Waals surface area contributed by atoms with Gasteiger partial charge in [0.15, 0.2) is 23.7 Å². The van der Waals surface area contributed by atoms with Gasteiger partial charge in [0.2, 0.25) is 0 Å². The number of carboxylic acids is 1. The van der Waals surface area contributed by atoms with Crippen LogP contribution < -0.4 is 4.74 Å². The minimum atomic E-state index is -1.31. The van der Waals surface area contributed by atoms with Crippen LogP contribution in [0, 0.1) is 0 Å². The average Bonchev–Trinajstić information content (AvgIpc) is 3.14. The molecule has 0 radical (unpaired) electrons. The van der Waals surface area contributed by atoms with E-state index < -0.39 is 41.1 Å². The van der Waals surface area contributed by atoms with Gasteiger partial charge < -0.3 is 34.4 Å². The number of nitrogens with zero attached hydrogens (tertiary/aromatic N) is 1. The SMILES string of the molecule is CC(OC(=O)CCC(=O)OC1=CC[C@@]2(O)[C@H]3Cc4ccc(O)c5c4[C@@]2(CCN3C)[C@H]1O5)C(=O)O. The summed E-state index contributed by atoms with van der Waals surface area (Å²) in [4.78, 5) is 37.4. The van der Waals surface area contributed by atoms with E-state index in [1.54, 1.807) is 12.1 Å². The molecule has 10 nitrogen and oxygen atoms in total. The molecule has 1 unspecified atom stereocenters. The zero-order chi connectivity index (χ0) is 24.4. The predicted molar refractivity (Wildman–Crippen MR) is 115 cm³/mol. The molecule has 1 fully saturated rings. The lowest BCUT2D eigenvalue weighted by Crippen LogP contribution is -2.74. The van der Waals surface area contributed by atoms with Crippen molar-refractivity contribution in [2.75, 3.05) is 13.6 Å². The standard InChI is InChI=1S/C24H27NO9/c1-12(22(29)30)32-17(27)5-6-18(28)33-15-7-8-24(31)16-11-13-3-4-14(26)20-19(13)23(24,21(15)34-20)9-10-25(16)2/h3-4,7,12,16,21,26,31H,5-6,8-11H2,1-2H3,(H,29,30)/t12?,16-,21+,23+,24-/m1/s1. The summed E-state index contributed by atoms with van der Waals surface area (Å²) in [6.07, 6.45) is 0.337. The molecule has 1 saturated heterocycles. The van der Waals surface area contributed by atoms with E-state index in [4.69, 9.17) is 19.3 Å². The van der Waals surface area contributed by atoms with Crippen molar-refractivity contribution in [1.29, 1.82) is 0 Å². The topological polar surface area (TPSA) is 143 Å². The van der Waals surface area contributed by atoms with Gasteiger partial charge in [-0.05, 0) is 51.1 Å². The Kier molecular flexibility index (Phi) is 5.14. The molecule has 5 atom stereocenters. The maximum absolute atomic E-state index is 12.6. The Balaban J connectivity index is 1.40. The zero-order valence-corrected chi connectivity index (χ0v) is 18.9. The van der Waals surface area contributed by atoms with Gasteiger partial charge in [-0.25, -0.2) is 4.79 Å². The number of phenolic OH excluding ortho intramolecular Hbond substituents is 1. The van der Waals surface area contributed by atoms with Crippen molar-refractivity contribution >= 4 is 17.9 Å². The third-order valence-corrected chi connectivity index (χ3v) is 7.77. The molecule has 0 saturated carbocycles. The molecule has 34 heavy (non-hydrogen) atoms. The predicted octanol–water partition coefficient (Wildman–Crippen LogP) is 1.01. The number of carbonyl (C=O) groups excluding carboxylic acids is 2.